The van der Waals surface area contributed by atoms with Crippen molar-refractivity contribution in [3.05, 3.63) is 47.0 Å². The first-order valence-electron chi connectivity index (χ1n) is 8.98. The van der Waals surface area contributed by atoms with Gasteiger partial charge in [-0.05, 0) is 32.4 Å². The number of benzene rings is 1. The SMILES string of the molecule is C#Cc1cc(C(C)Nc2ncnc(N)c2C(C)=N)c(OC)c(-c2cn[nH]c2)c1C. The van der Waals surface area contributed by atoms with Crippen LogP contribution in [0.4, 0.5) is 11.6 Å². The van der Waals surface area contributed by atoms with Crippen molar-refractivity contribution in [2.45, 2.75) is 26.8 Å². The van der Waals surface area contributed by atoms with Gasteiger partial charge in [0.25, 0.3) is 0 Å². The molecule has 0 saturated carbocycles. The summed E-state index contributed by atoms with van der Waals surface area (Å²) in [6.45, 7) is 5.57. The zero-order valence-corrected chi connectivity index (χ0v) is 16.8. The minimum Gasteiger partial charge on any atom is -0.496 e. The summed E-state index contributed by atoms with van der Waals surface area (Å²) in [7, 11) is 1.62. The molecule has 1 aromatic carbocycles. The number of methoxy groups -OCH3 is 1. The van der Waals surface area contributed by atoms with Crippen molar-refractivity contribution in [3.63, 3.8) is 0 Å². The third-order valence-corrected chi connectivity index (χ3v) is 4.79. The lowest BCUT2D eigenvalue weighted by Crippen LogP contribution is -2.15. The monoisotopic (exact) mass is 389 g/mol. The lowest BCUT2D eigenvalue weighted by Gasteiger charge is -2.23. The molecule has 0 aliphatic rings. The smallest absolute Gasteiger partial charge is 0.141 e. The lowest BCUT2D eigenvalue weighted by atomic mass is 9.91. The van der Waals surface area contributed by atoms with Gasteiger partial charge in [0.2, 0.25) is 0 Å². The molecule has 2 aromatic heterocycles. The second-order valence-electron chi connectivity index (χ2n) is 6.65. The number of rotatable bonds is 6. The van der Waals surface area contributed by atoms with Gasteiger partial charge < -0.3 is 21.2 Å². The molecule has 3 rings (SSSR count). The first-order chi connectivity index (χ1) is 13.9. The van der Waals surface area contributed by atoms with E-state index < -0.39 is 0 Å². The number of aromatic nitrogens is 4. The fourth-order valence-corrected chi connectivity index (χ4v) is 3.37. The van der Waals surface area contributed by atoms with E-state index in [0.717, 1.165) is 27.8 Å². The Bertz CT molecular complexity index is 1100. The Morgan fingerprint density at radius 1 is 1.41 bits per heavy atom. The van der Waals surface area contributed by atoms with E-state index in [2.05, 4.69) is 31.4 Å². The molecular weight excluding hydrogens is 366 g/mol. The normalized spacial score (nSPS) is 11.6. The Kier molecular flexibility index (Phi) is 5.50. The Labute approximate surface area is 169 Å². The van der Waals surface area contributed by atoms with E-state index in [1.165, 1.54) is 6.33 Å². The van der Waals surface area contributed by atoms with Gasteiger partial charge in [-0.25, -0.2) is 9.97 Å². The number of nitrogens with zero attached hydrogens (tertiary/aromatic N) is 3. The average molecular weight is 389 g/mol. The molecule has 3 aromatic rings. The predicted molar refractivity (Wildman–Crippen MR) is 114 cm³/mol. The summed E-state index contributed by atoms with van der Waals surface area (Å²) < 4.78 is 5.79. The second-order valence-corrected chi connectivity index (χ2v) is 6.65. The van der Waals surface area contributed by atoms with Crippen LogP contribution in [0.5, 0.6) is 5.75 Å². The number of H-pyrrole nitrogens is 1. The molecule has 5 N–H and O–H groups in total. The highest BCUT2D eigenvalue weighted by Crippen LogP contribution is 2.41. The standard InChI is InChI=1S/C21H23N7O/c1-6-14-7-16(19(29-5)17(11(14)2)15-8-26-27-9-15)13(4)28-21-18(12(3)22)20(23)24-10-25-21/h1,7-10,13,22H,2-5H3,(H,26,27)(H3,23,24,25,28). The summed E-state index contributed by atoms with van der Waals surface area (Å²) in [5, 5.41) is 18.2. The molecule has 0 spiro atoms. The van der Waals surface area contributed by atoms with Crippen LogP contribution in [-0.4, -0.2) is 33.0 Å². The van der Waals surface area contributed by atoms with E-state index in [-0.39, 0.29) is 17.6 Å². The van der Waals surface area contributed by atoms with Crippen LogP contribution in [-0.2, 0) is 0 Å². The van der Waals surface area contributed by atoms with Gasteiger partial charge in [-0.15, -0.1) is 6.42 Å². The average Bonchev–Trinajstić information content (AvgIpc) is 3.21. The maximum atomic E-state index is 8.00. The second kappa shape index (κ2) is 8.02. The van der Waals surface area contributed by atoms with Crippen molar-refractivity contribution in [1.29, 1.82) is 5.41 Å². The molecule has 1 atom stereocenters. The Balaban J connectivity index is 2.14. The van der Waals surface area contributed by atoms with Crippen LogP contribution in [0, 0.1) is 24.7 Å². The third kappa shape index (κ3) is 3.62. The van der Waals surface area contributed by atoms with E-state index in [1.807, 2.05) is 19.9 Å². The van der Waals surface area contributed by atoms with Gasteiger partial charge in [-0.2, -0.15) is 5.10 Å². The van der Waals surface area contributed by atoms with Crippen molar-refractivity contribution >= 4 is 17.3 Å². The van der Waals surface area contributed by atoms with Crippen LogP contribution < -0.4 is 15.8 Å². The Morgan fingerprint density at radius 2 is 2.17 bits per heavy atom. The van der Waals surface area contributed by atoms with Gasteiger partial charge in [-0.3, -0.25) is 5.10 Å². The highest BCUT2D eigenvalue weighted by atomic mass is 16.5. The molecule has 29 heavy (non-hydrogen) atoms. The molecule has 0 aliphatic heterocycles. The van der Waals surface area contributed by atoms with Crippen LogP contribution in [0.25, 0.3) is 11.1 Å². The number of aromatic amines is 1. The largest absolute Gasteiger partial charge is 0.496 e. The van der Waals surface area contributed by atoms with E-state index in [4.69, 9.17) is 22.3 Å². The molecule has 0 amide bonds. The predicted octanol–water partition coefficient (Wildman–Crippen LogP) is 3.31. The van der Waals surface area contributed by atoms with Gasteiger partial charge in [0.1, 0.15) is 23.7 Å². The summed E-state index contributed by atoms with van der Waals surface area (Å²) in [5.74, 6) is 4.18. The van der Waals surface area contributed by atoms with Crippen LogP contribution in [0.1, 0.15) is 42.1 Å². The molecule has 2 heterocycles. The van der Waals surface area contributed by atoms with Gasteiger partial charge in [-0.1, -0.05) is 5.92 Å². The molecule has 8 nitrogen and oxygen atoms in total. The van der Waals surface area contributed by atoms with Gasteiger partial charge in [0.15, 0.2) is 0 Å². The van der Waals surface area contributed by atoms with E-state index in [0.29, 0.717) is 17.1 Å². The molecule has 0 fully saturated rings. The fourth-order valence-electron chi connectivity index (χ4n) is 3.37. The van der Waals surface area contributed by atoms with Crippen LogP contribution >= 0.6 is 0 Å². The zero-order chi connectivity index (χ0) is 21.1. The topological polar surface area (TPSA) is 126 Å². The molecule has 8 heteroatoms. The summed E-state index contributed by atoms with van der Waals surface area (Å²) in [4.78, 5) is 8.26. The lowest BCUT2D eigenvalue weighted by molar-refractivity contribution is 0.409. The van der Waals surface area contributed by atoms with Crippen LogP contribution in [0.15, 0.2) is 24.8 Å². The first kappa shape index (κ1) is 19.9. The molecule has 0 bridgehead atoms. The van der Waals surface area contributed by atoms with Crippen molar-refractivity contribution < 1.29 is 4.74 Å². The van der Waals surface area contributed by atoms with Gasteiger partial charge in [0.05, 0.1) is 24.9 Å². The molecule has 0 saturated heterocycles. The summed E-state index contributed by atoms with van der Waals surface area (Å²) in [5.41, 5.74) is 11.0. The number of nitrogens with one attached hydrogen (secondary N) is 3. The van der Waals surface area contributed by atoms with Crippen molar-refractivity contribution in [1.82, 2.24) is 20.2 Å². The van der Waals surface area contributed by atoms with Crippen LogP contribution in [0.2, 0.25) is 0 Å². The quantitative estimate of drug-likeness (QED) is 0.378. The minimum absolute atomic E-state index is 0.240. The number of anilines is 2. The molecule has 1 unspecified atom stereocenters. The number of hydrogen-bond acceptors (Lipinski definition) is 7. The van der Waals surface area contributed by atoms with E-state index >= 15 is 0 Å². The Morgan fingerprint density at radius 3 is 2.76 bits per heavy atom. The van der Waals surface area contributed by atoms with Gasteiger partial charge in [0, 0.05) is 34.2 Å². The summed E-state index contributed by atoms with van der Waals surface area (Å²) in [6.07, 6.45) is 10.7. The minimum atomic E-state index is -0.240. The zero-order valence-electron chi connectivity index (χ0n) is 16.8. The Hall–Kier alpha value is -3.86. The van der Waals surface area contributed by atoms with E-state index in [9.17, 15) is 0 Å². The first-order valence-corrected chi connectivity index (χ1v) is 8.98. The number of ether oxygens (including phenoxy) is 1. The number of nitrogen functional groups attached to an aromatic ring is 1. The van der Waals surface area contributed by atoms with Crippen molar-refractivity contribution in [3.8, 4) is 29.2 Å². The molecule has 148 valence electrons. The highest BCUT2D eigenvalue weighted by Gasteiger charge is 2.23. The van der Waals surface area contributed by atoms with Crippen molar-refractivity contribution in [2.24, 2.45) is 0 Å². The third-order valence-electron chi connectivity index (χ3n) is 4.79. The highest BCUT2D eigenvalue weighted by molar-refractivity contribution is 6.04. The maximum absolute atomic E-state index is 8.00. The number of hydrogen-bond donors (Lipinski definition) is 4. The van der Waals surface area contributed by atoms with Gasteiger partial charge >= 0.3 is 0 Å². The fraction of sp³-hybridized carbons (Fsp3) is 0.238. The number of terminal acetylenes is 1. The van der Waals surface area contributed by atoms with Crippen molar-refractivity contribution in [2.75, 3.05) is 18.2 Å². The molecule has 0 aliphatic carbocycles. The summed E-state index contributed by atoms with van der Waals surface area (Å²) >= 11 is 0. The summed E-state index contributed by atoms with van der Waals surface area (Å²) in [6, 6.07) is 1.69. The van der Waals surface area contributed by atoms with Crippen LogP contribution in [0.3, 0.4) is 0 Å². The number of nitrogens with two attached hydrogens (primary N) is 1. The molecular formula is C21H23N7O. The molecule has 0 radical (unpaired) electrons. The van der Waals surface area contributed by atoms with E-state index in [1.54, 1.807) is 26.4 Å². The maximum Gasteiger partial charge on any atom is 0.141 e.